The van der Waals surface area contributed by atoms with Gasteiger partial charge in [-0.2, -0.15) is 0 Å². The average molecular weight is 247 g/mol. The van der Waals surface area contributed by atoms with E-state index in [4.69, 9.17) is 0 Å². The quantitative estimate of drug-likeness (QED) is 0.686. The predicted molar refractivity (Wildman–Crippen MR) is 80.8 cm³/mol. The highest BCUT2D eigenvalue weighted by Gasteiger charge is 2.21. The van der Waals surface area contributed by atoms with Crippen molar-refractivity contribution in [2.45, 2.75) is 65.5 Å². The maximum Gasteiger partial charge on any atom is 0.0350 e. The SMILES string of the molecule is CCCC(C)NC(c1ccccc1)C(CC)CC. The highest BCUT2D eigenvalue weighted by molar-refractivity contribution is 5.19. The van der Waals surface area contributed by atoms with Crippen LogP contribution in [-0.4, -0.2) is 6.04 Å². The molecule has 1 nitrogen and oxygen atoms in total. The van der Waals surface area contributed by atoms with Crippen LogP contribution in [-0.2, 0) is 0 Å². The van der Waals surface area contributed by atoms with E-state index in [9.17, 15) is 0 Å². The summed E-state index contributed by atoms with van der Waals surface area (Å²) in [6, 6.07) is 12.0. The second-order valence-corrected chi connectivity index (χ2v) is 5.32. The van der Waals surface area contributed by atoms with Crippen LogP contribution in [0.3, 0.4) is 0 Å². The Kier molecular flexibility index (Phi) is 7.04. The van der Waals surface area contributed by atoms with E-state index in [1.807, 2.05) is 0 Å². The minimum atomic E-state index is 0.503. The van der Waals surface area contributed by atoms with Gasteiger partial charge in [-0.1, -0.05) is 70.4 Å². The highest BCUT2D eigenvalue weighted by atomic mass is 14.9. The zero-order valence-corrected chi connectivity index (χ0v) is 12.4. The van der Waals surface area contributed by atoms with E-state index < -0.39 is 0 Å². The Labute approximate surface area is 113 Å². The molecule has 0 spiro atoms. The van der Waals surface area contributed by atoms with E-state index in [0.717, 1.165) is 5.92 Å². The van der Waals surface area contributed by atoms with Gasteiger partial charge in [0.25, 0.3) is 0 Å². The van der Waals surface area contributed by atoms with Crippen molar-refractivity contribution in [3.63, 3.8) is 0 Å². The Morgan fingerprint density at radius 1 is 1.00 bits per heavy atom. The number of hydrogen-bond acceptors (Lipinski definition) is 1. The molecular weight excluding hydrogens is 218 g/mol. The van der Waals surface area contributed by atoms with Gasteiger partial charge >= 0.3 is 0 Å². The summed E-state index contributed by atoms with van der Waals surface area (Å²) in [5, 5.41) is 3.84. The average Bonchev–Trinajstić information content (AvgIpc) is 2.40. The first kappa shape index (κ1) is 15.2. The van der Waals surface area contributed by atoms with Gasteiger partial charge < -0.3 is 5.32 Å². The van der Waals surface area contributed by atoms with Gasteiger partial charge in [0.1, 0.15) is 0 Å². The van der Waals surface area contributed by atoms with Crippen LogP contribution in [0.4, 0.5) is 0 Å². The summed E-state index contributed by atoms with van der Waals surface area (Å²) in [6.07, 6.45) is 4.98. The van der Waals surface area contributed by atoms with Crippen LogP contribution in [0.5, 0.6) is 0 Å². The molecule has 2 atom stereocenters. The molecule has 1 N–H and O–H groups in total. The van der Waals surface area contributed by atoms with Crippen LogP contribution >= 0.6 is 0 Å². The van der Waals surface area contributed by atoms with Gasteiger partial charge in [0.15, 0.2) is 0 Å². The van der Waals surface area contributed by atoms with E-state index in [-0.39, 0.29) is 0 Å². The van der Waals surface area contributed by atoms with E-state index in [1.165, 1.54) is 31.2 Å². The lowest BCUT2D eigenvalue weighted by Gasteiger charge is -2.30. The van der Waals surface area contributed by atoms with Crippen molar-refractivity contribution in [1.29, 1.82) is 0 Å². The van der Waals surface area contributed by atoms with Crippen LogP contribution < -0.4 is 5.32 Å². The van der Waals surface area contributed by atoms with E-state index in [0.29, 0.717) is 12.1 Å². The number of nitrogens with one attached hydrogen (secondary N) is 1. The summed E-state index contributed by atoms with van der Waals surface area (Å²) < 4.78 is 0. The van der Waals surface area contributed by atoms with E-state index >= 15 is 0 Å². The molecule has 0 radical (unpaired) electrons. The summed E-state index contributed by atoms with van der Waals surface area (Å²) in [6.45, 7) is 9.17. The molecule has 1 aromatic rings. The van der Waals surface area contributed by atoms with Gasteiger partial charge in [0, 0.05) is 12.1 Å². The van der Waals surface area contributed by atoms with Gasteiger partial charge in [-0.15, -0.1) is 0 Å². The van der Waals surface area contributed by atoms with Gasteiger partial charge in [-0.25, -0.2) is 0 Å². The number of hydrogen-bond donors (Lipinski definition) is 1. The third-order valence-electron chi connectivity index (χ3n) is 3.86. The Hall–Kier alpha value is -0.820. The third-order valence-corrected chi connectivity index (χ3v) is 3.86. The largest absolute Gasteiger partial charge is 0.307 e. The van der Waals surface area contributed by atoms with Gasteiger partial charge in [0.05, 0.1) is 0 Å². The molecule has 0 saturated carbocycles. The fraction of sp³-hybridized carbons (Fsp3) is 0.647. The van der Waals surface area contributed by atoms with Crippen LogP contribution in [0.25, 0.3) is 0 Å². The molecule has 0 heterocycles. The highest BCUT2D eigenvalue weighted by Crippen LogP contribution is 2.28. The lowest BCUT2D eigenvalue weighted by atomic mass is 9.88. The maximum absolute atomic E-state index is 3.84. The summed E-state index contributed by atoms with van der Waals surface area (Å²) in [7, 11) is 0. The standard InChI is InChI=1S/C17H29N/c1-5-11-14(4)18-17(15(6-2)7-3)16-12-9-8-10-13-16/h8-10,12-15,17-18H,5-7,11H2,1-4H3. The van der Waals surface area contributed by atoms with E-state index in [1.54, 1.807) is 0 Å². The minimum Gasteiger partial charge on any atom is -0.307 e. The van der Waals surface area contributed by atoms with Gasteiger partial charge in [-0.05, 0) is 24.8 Å². The Balaban J connectivity index is 2.81. The number of rotatable bonds is 8. The van der Waals surface area contributed by atoms with Gasteiger partial charge in [-0.3, -0.25) is 0 Å². The van der Waals surface area contributed by atoms with Crippen molar-refractivity contribution in [2.24, 2.45) is 5.92 Å². The summed E-state index contributed by atoms with van der Waals surface area (Å²) in [5.41, 5.74) is 1.44. The molecule has 1 aromatic carbocycles. The summed E-state index contributed by atoms with van der Waals surface area (Å²) >= 11 is 0. The Morgan fingerprint density at radius 3 is 2.11 bits per heavy atom. The molecule has 2 unspecified atom stereocenters. The van der Waals surface area contributed by atoms with Crippen molar-refractivity contribution in [3.05, 3.63) is 35.9 Å². The predicted octanol–water partition coefficient (Wildman–Crippen LogP) is 4.94. The fourth-order valence-corrected chi connectivity index (χ4v) is 2.75. The maximum atomic E-state index is 3.84. The number of benzene rings is 1. The summed E-state index contributed by atoms with van der Waals surface area (Å²) in [4.78, 5) is 0. The monoisotopic (exact) mass is 247 g/mol. The normalized spacial score (nSPS) is 14.7. The molecule has 102 valence electrons. The molecule has 0 fully saturated rings. The van der Waals surface area contributed by atoms with Crippen LogP contribution in [0.2, 0.25) is 0 Å². The van der Waals surface area contributed by atoms with Crippen molar-refractivity contribution in [1.82, 2.24) is 5.32 Å². The Morgan fingerprint density at radius 2 is 1.61 bits per heavy atom. The smallest absolute Gasteiger partial charge is 0.0350 e. The first-order valence-electron chi connectivity index (χ1n) is 7.53. The Bertz CT molecular complexity index is 303. The molecule has 0 amide bonds. The van der Waals surface area contributed by atoms with Gasteiger partial charge in [0.2, 0.25) is 0 Å². The fourth-order valence-electron chi connectivity index (χ4n) is 2.75. The molecule has 0 aromatic heterocycles. The topological polar surface area (TPSA) is 12.0 Å². The minimum absolute atomic E-state index is 0.503. The van der Waals surface area contributed by atoms with Crippen molar-refractivity contribution in [2.75, 3.05) is 0 Å². The molecule has 0 saturated heterocycles. The molecule has 0 aliphatic heterocycles. The van der Waals surface area contributed by atoms with Crippen molar-refractivity contribution >= 4 is 0 Å². The molecule has 0 aliphatic carbocycles. The lowest BCUT2D eigenvalue weighted by molar-refractivity contribution is 0.307. The molecular formula is C17H29N. The first-order valence-corrected chi connectivity index (χ1v) is 7.53. The zero-order chi connectivity index (χ0) is 13.4. The van der Waals surface area contributed by atoms with Crippen molar-refractivity contribution in [3.8, 4) is 0 Å². The molecule has 18 heavy (non-hydrogen) atoms. The van der Waals surface area contributed by atoms with Crippen LogP contribution in [0.1, 0.15) is 65.0 Å². The second kappa shape index (κ2) is 8.31. The van der Waals surface area contributed by atoms with Crippen LogP contribution in [0.15, 0.2) is 30.3 Å². The van der Waals surface area contributed by atoms with E-state index in [2.05, 4.69) is 63.3 Å². The van der Waals surface area contributed by atoms with Crippen LogP contribution in [0, 0.1) is 5.92 Å². The summed E-state index contributed by atoms with van der Waals surface area (Å²) in [5.74, 6) is 0.728. The lowest BCUT2D eigenvalue weighted by Crippen LogP contribution is -2.34. The molecule has 0 aliphatic rings. The molecule has 0 bridgehead atoms. The molecule has 1 heteroatoms. The second-order valence-electron chi connectivity index (χ2n) is 5.32. The zero-order valence-electron chi connectivity index (χ0n) is 12.4. The van der Waals surface area contributed by atoms with Crippen molar-refractivity contribution < 1.29 is 0 Å². The molecule has 1 rings (SSSR count). The third kappa shape index (κ3) is 4.45. The first-order chi connectivity index (χ1) is 8.72.